The second-order valence-electron chi connectivity index (χ2n) is 5.70. The number of ether oxygens (including phenoxy) is 1. The first-order valence-electron chi connectivity index (χ1n) is 6.32. The van der Waals surface area contributed by atoms with Crippen molar-refractivity contribution in [2.75, 3.05) is 0 Å². The summed E-state index contributed by atoms with van der Waals surface area (Å²) in [6, 6.07) is 4.11. The van der Waals surface area contributed by atoms with Crippen molar-refractivity contribution in [1.82, 2.24) is 0 Å². The average Bonchev–Trinajstić information content (AvgIpc) is 2.26. The summed E-state index contributed by atoms with van der Waals surface area (Å²) in [4.78, 5) is 22.1. The maximum Gasteiger partial charge on any atom is 0.308 e. The van der Waals surface area contributed by atoms with E-state index in [1.807, 2.05) is 0 Å². The van der Waals surface area contributed by atoms with Gasteiger partial charge in [-0.05, 0) is 33.3 Å². The number of benzene rings is 1. The van der Waals surface area contributed by atoms with E-state index in [9.17, 15) is 14.9 Å². The molecule has 1 aromatic rings. The lowest BCUT2D eigenvalue weighted by Gasteiger charge is -2.21. The van der Waals surface area contributed by atoms with Gasteiger partial charge in [0.25, 0.3) is 5.69 Å². The van der Waals surface area contributed by atoms with Crippen LogP contribution in [0.3, 0.4) is 0 Å². The molecule has 0 saturated heterocycles. The van der Waals surface area contributed by atoms with Gasteiger partial charge in [0, 0.05) is 17.7 Å². The highest BCUT2D eigenvalue weighted by Crippen LogP contribution is 2.24. The molecule has 0 radical (unpaired) electrons. The molecule has 1 rings (SSSR count). The van der Waals surface area contributed by atoms with Gasteiger partial charge in [-0.1, -0.05) is 12.1 Å². The lowest BCUT2D eigenvalue weighted by Crippen LogP contribution is -2.26. The molecular weight excluding hydrogens is 260 g/mol. The molecule has 1 unspecified atom stereocenters. The van der Waals surface area contributed by atoms with Gasteiger partial charge >= 0.3 is 5.97 Å². The summed E-state index contributed by atoms with van der Waals surface area (Å²) in [6.45, 7) is 6.97. The van der Waals surface area contributed by atoms with Crippen LogP contribution in [0.5, 0.6) is 0 Å². The number of rotatable bonds is 4. The van der Waals surface area contributed by atoms with Crippen molar-refractivity contribution in [2.24, 2.45) is 5.73 Å². The maximum atomic E-state index is 11.7. The number of carbonyl (C=O) groups is 1. The van der Waals surface area contributed by atoms with Crippen LogP contribution in [0.1, 0.15) is 44.4 Å². The Morgan fingerprint density at radius 1 is 1.45 bits per heavy atom. The fourth-order valence-corrected chi connectivity index (χ4v) is 1.73. The molecule has 1 aromatic carbocycles. The SMILES string of the molecule is Cc1ccc(C(N)CC(=O)OC(C)(C)C)cc1[N+](=O)[O-]. The maximum absolute atomic E-state index is 11.7. The summed E-state index contributed by atoms with van der Waals surface area (Å²) in [5.74, 6) is -0.423. The van der Waals surface area contributed by atoms with Crippen molar-refractivity contribution >= 4 is 11.7 Å². The van der Waals surface area contributed by atoms with E-state index in [4.69, 9.17) is 10.5 Å². The van der Waals surface area contributed by atoms with E-state index < -0.39 is 22.5 Å². The van der Waals surface area contributed by atoms with Gasteiger partial charge in [-0.15, -0.1) is 0 Å². The van der Waals surface area contributed by atoms with Crippen LogP contribution < -0.4 is 5.73 Å². The molecule has 0 aliphatic carbocycles. The third-order valence-corrected chi connectivity index (χ3v) is 2.66. The van der Waals surface area contributed by atoms with E-state index in [0.29, 0.717) is 11.1 Å². The standard InChI is InChI=1S/C14H20N2O4/c1-9-5-6-10(7-12(9)16(18)19)11(15)8-13(17)20-14(2,3)4/h5-7,11H,8,15H2,1-4H3. The lowest BCUT2D eigenvalue weighted by molar-refractivity contribution is -0.385. The monoisotopic (exact) mass is 280 g/mol. The quantitative estimate of drug-likeness (QED) is 0.519. The summed E-state index contributed by atoms with van der Waals surface area (Å²) in [5.41, 5.74) is 6.45. The zero-order chi connectivity index (χ0) is 15.5. The Hall–Kier alpha value is -1.95. The van der Waals surface area contributed by atoms with E-state index in [2.05, 4.69) is 0 Å². The second kappa shape index (κ2) is 6.00. The molecule has 110 valence electrons. The number of aryl methyl sites for hydroxylation is 1. The van der Waals surface area contributed by atoms with Crippen LogP contribution in [0.4, 0.5) is 5.69 Å². The van der Waals surface area contributed by atoms with Gasteiger partial charge in [0.15, 0.2) is 0 Å². The highest BCUT2D eigenvalue weighted by Gasteiger charge is 2.21. The number of esters is 1. The highest BCUT2D eigenvalue weighted by molar-refractivity contribution is 5.71. The van der Waals surface area contributed by atoms with Gasteiger partial charge < -0.3 is 10.5 Å². The summed E-state index contributed by atoms with van der Waals surface area (Å²) < 4.78 is 5.18. The van der Waals surface area contributed by atoms with E-state index in [1.54, 1.807) is 39.8 Å². The fraction of sp³-hybridized carbons (Fsp3) is 0.500. The summed E-state index contributed by atoms with van der Waals surface area (Å²) in [6.07, 6.45) is -0.0164. The van der Waals surface area contributed by atoms with Gasteiger partial charge in [0.2, 0.25) is 0 Å². The largest absolute Gasteiger partial charge is 0.460 e. The minimum Gasteiger partial charge on any atom is -0.460 e. The van der Waals surface area contributed by atoms with Crippen LogP contribution in [0.2, 0.25) is 0 Å². The molecule has 0 bridgehead atoms. The molecule has 0 heterocycles. The third kappa shape index (κ3) is 4.62. The molecule has 6 nitrogen and oxygen atoms in total. The fourth-order valence-electron chi connectivity index (χ4n) is 1.73. The van der Waals surface area contributed by atoms with Crippen LogP contribution in [-0.2, 0) is 9.53 Å². The molecule has 0 fully saturated rings. The van der Waals surface area contributed by atoms with Gasteiger partial charge in [-0.25, -0.2) is 0 Å². The van der Waals surface area contributed by atoms with Crippen molar-refractivity contribution in [3.8, 4) is 0 Å². The van der Waals surface area contributed by atoms with E-state index >= 15 is 0 Å². The van der Waals surface area contributed by atoms with Crippen molar-refractivity contribution < 1.29 is 14.5 Å². The highest BCUT2D eigenvalue weighted by atomic mass is 16.6. The topological polar surface area (TPSA) is 95.5 Å². The van der Waals surface area contributed by atoms with Crippen molar-refractivity contribution in [2.45, 2.75) is 45.8 Å². The number of hydrogen-bond donors (Lipinski definition) is 1. The molecule has 2 N–H and O–H groups in total. The van der Waals surface area contributed by atoms with Crippen molar-refractivity contribution in [1.29, 1.82) is 0 Å². The Labute approximate surface area is 118 Å². The Morgan fingerprint density at radius 2 is 2.05 bits per heavy atom. The Kier molecular flexibility index (Phi) is 4.83. The predicted molar refractivity (Wildman–Crippen MR) is 75.2 cm³/mol. The molecule has 1 atom stereocenters. The summed E-state index contributed by atoms with van der Waals surface area (Å²) in [5, 5.41) is 10.9. The van der Waals surface area contributed by atoms with Gasteiger partial charge in [-0.3, -0.25) is 14.9 Å². The number of nitrogens with two attached hydrogens (primary N) is 1. The number of carbonyl (C=O) groups excluding carboxylic acids is 1. The van der Waals surface area contributed by atoms with Crippen LogP contribution in [0, 0.1) is 17.0 Å². The van der Waals surface area contributed by atoms with Gasteiger partial charge in [0.1, 0.15) is 5.60 Å². The smallest absolute Gasteiger partial charge is 0.308 e. The molecule has 0 saturated carbocycles. The minimum absolute atomic E-state index is 0.00198. The van der Waals surface area contributed by atoms with E-state index in [0.717, 1.165) is 0 Å². The number of hydrogen-bond acceptors (Lipinski definition) is 5. The van der Waals surface area contributed by atoms with Crippen LogP contribution in [-0.4, -0.2) is 16.5 Å². The van der Waals surface area contributed by atoms with E-state index in [1.165, 1.54) is 6.07 Å². The molecule has 6 heteroatoms. The average molecular weight is 280 g/mol. The van der Waals surface area contributed by atoms with Gasteiger partial charge in [0.05, 0.1) is 11.3 Å². The molecule has 0 spiro atoms. The first-order chi connectivity index (χ1) is 9.10. The normalized spacial score (nSPS) is 12.8. The zero-order valence-corrected chi connectivity index (χ0v) is 12.2. The molecule has 20 heavy (non-hydrogen) atoms. The molecule has 0 amide bonds. The van der Waals surface area contributed by atoms with Crippen LogP contribution in [0.25, 0.3) is 0 Å². The van der Waals surface area contributed by atoms with Crippen LogP contribution >= 0.6 is 0 Å². The van der Waals surface area contributed by atoms with Gasteiger partial charge in [-0.2, -0.15) is 0 Å². The minimum atomic E-state index is -0.621. The number of nitro groups is 1. The van der Waals surface area contributed by atoms with E-state index in [-0.39, 0.29) is 12.1 Å². The Morgan fingerprint density at radius 3 is 2.55 bits per heavy atom. The molecule has 0 aromatic heterocycles. The summed E-state index contributed by atoms with van der Waals surface area (Å²) >= 11 is 0. The third-order valence-electron chi connectivity index (χ3n) is 2.66. The first kappa shape index (κ1) is 16.1. The Bertz CT molecular complexity index is 520. The predicted octanol–water partition coefficient (Wildman–Crippen LogP) is 2.63. The lowest BCUT2D eigenvalue weighted by atomic mass is 10.0. The molecule has 0 aliphatic rings. The first-order valence-corrected chi connectivity index (χ1v) is 6.32. The molecule has 0 aliphatic heterocycles. The Balaban J connectivity index is 2.83. The molecular formula is C14H20N2O4. The zero-order valence-electron chi connectivity index (χ0n) is 12.2. The second-order valence-corrected chi connectivity index (χ2v) is 5.70. The van der Waals surface area contributed by atoms with Crippen molar-refractivity contribution in [3.05, 3.63) is 39.4 Å². The number of nitro benzene ring substituents is 1. The van der Waals surface area contributed by atoms with Crippen molar-refractivity contribution in [3.63, 3.8) is 0 Å². The number of nitrogens with zero attached hydrogens (tertiary/aromatic N) is 1. The summed E-state index contributed by atoms with van der Waals surface area (Å²) in [7, 11) is 0. The van der Waals surface area contributed by atoms with Crippen LogP contribution in [0.15, 0.2) is 18.2 Å².